The van der Waals surface area contributed by atoms with E-state index in [1.165, 1.54) is 24.8 Å². The maximum atomic E-state index is 5.84. The Morgan fingerprint density at radius 2 is 1.79 bits per heavy atom. The van der Waals surface area contributed by atoms with Crippen LogP contribution in [0, 0.1) is 0 Å². The smallest absolute Gasteiger partial charge is 0.316 e. The zero-order valence-electron chi connectivity index (χ0n) is 17.8. The summed E-state index contributed by atoms with van der Waals surface area (Å²) in [6.45, 7) is 9.31. The number of unbranched alkanes of at least 4 members (excludes halogenated alkanes) is 3. The van der Waals surface area contributed by atoms with Crippen LogP contribution in [0.1, 0.15) is 57.9 Å². The van der Waals surface area contributed by atoms with Gasteiger partial charge in [0.1, 0.15) is 6.61 Å². The molecule has 0 aliphatic carbocycles. The number of hydrogen-bond donors (Lipinski definition) is 0. The fourth-order valence-corrected chi connectivity index (χ4v) is 2.92. The Morgan fingerprint density at radius 3 is 2.48 bits per heavy atom. The molecule has 0 fully saturated rings. The molecule has 1 aromatic heterocycles. The molecule has 2 aromatic rings. The Labute approximate surface area is 175 Å². The second kappa shape index (κ2) is 13.7. The molecule has 4 heteroatoms. The largest absolute Gasteiger partial charge is 0.459 e. The van der Waals surface area contributed by atoms with E-state index in [0.717, 1.165) is 37.0 Å². The Kier molecular flexibility index (Phi) is 10.8. The van der Waals surface area contributed by atoms with Crippen molar-refractivity contribution < 1.29 is 9.47 Å². The Bertz CT molecular complexity index is 723. The Hall–Kier alpha value is -2.46. The van der Waals surface area contributed by atoms with E-state index in [9.17, 15) is 0 Å². The van der Waals surface area contributed by atoms with Crippen molar-refractivity contribution in [1.29, 1.82) is 0 Å². The van der Waals surface area contributed by atoms with Crippen LogP contribution in [-0.2, 0) is 4.74 Å². The van der Waals surface area contributed by atoms with Gasteiger partial charge in [-0.3, -0.25) is 0 Å². The summed E-state index contributed by atoms with van der Waals surface area (Å²) in [6.07, 6.45) is 17.0. The average Bonchev–Trinajstić information content (AvgIpc) is 2.76. The van der Waals surface area contributed by atoms with Gasteiger partial charge in [0.25, 0.3) is 0 Å². The first-order valence-corrected chi connectivity index (χ1v) is 10.7. The summed E-state index contributed by atoms with van der Waals surface area (Å²) in [5.74, 6) is 0. The van der Waals surface area contributed by atoms with Crippen molar-refractivity contribution in [2.75, 3.05) is 13.2 Å². The monoisotopic (exact) mass is 394 g/mol. The van der Waals surface area contributed by atoms with Crippen molar-refractivity contribution in [2.45, 2.75) is 58.5 Å². The van der Waals surface area contributed by atoms with Gasteiger partial charge in [-0.05, 0) is 43.7 Å². The average molecular weight is 395 g/mol. The Balaban J connectivity index is 1.72. The van der Waals surface area contributed by atoms with Gasteiger partial charge in [0.05, 0.1) is 6.10 Å². The van der Waals surface area contributed by atoms with Crippen molar-refractivity contribution in [3.8, 4) is 17.1 Å². The van der Waals surface area contributed by atoms with E-state index in [1.54, 1.807) is 18.5 Å². The molecule has 0 saturated heterocycles. The first-order valence-electron chi connectivity index (χ1n) is 10.7. The number of ether oxygens (including phenoxy) is 2. The summed E-state index contributed by atoms with van der Waals surface area (Å²) in [6, 6.07) is 8.79. The molecule has 0 bridgehead atoms. The maximum absolute atomic E-state index is 5.84. The van der Waals surface area contributed by atoms with Crippen molar-refractivity contribution in [2.24, 2.45) is 0 Å². The van der Waals surface area contributed by atoms with Gasteiger partial charge in [-0.2, -0.15) is 0 Å². The lowest BCUT2D eigenvalue weighted by Gasteiger charge is -2.12. The third kappa shape index (κ3) is 9.05. The summed E-state index contributed by atoms with van der Waals surface area (Å²) in [5.41, 5.74) is 3.26. The molecule has 29 heavy (non-hydrogen) atoms. The molecule has 1 aromatic carbocycles. The minimum absolute atomic E-state index is 0.357. The molecule has 1 unspecified atom stereocenters. The van der Waals surface area contributed by atoms with Gasteiger partial charge in [0.2, 0.25) is 0 Å². The first-order chi connectivity index (χ1) is 14.2. The highest BCUT2D eigenvalue weighted by Gasteiger charge is 2.02. The summed E-state index contributed by atoms with van der Waals surface area (Å²) >= 11 is 0. The normalized spacial score (nSPS) is 12.2. The van der Waals surface area contributed by atoms with Gasteiger partial charge < -0.3 is 9.47 Å². The van der Waals surface area contributed by atoms with E-state index in [4.69, 9.17) is 9.47 Å². The van der Waals surface area contributed by atoms with E-state index in [-0.39, 0.29) is 0 Å². The number of nitrogens with zero attached hydrogens (tertiary/aromatic N) is 2. The van der Waals surface area contributed by atoms with Gasteiger partial charge in [-0.1, -0.05) is 68.8 Å². The summed E-state index contributed by atoms with van der Waals surface area (Å²) in [4.78, 5) is 8.44. The van der Waals surface area contributed by atoms with Gasteiger partial charge in [-0.15, -0.1) is 0 Å². The highest BCUT2D eigenvalue weighted by atomic mass is 16.5. The lowest BCUT2D eigenvalue weighted by molar-refractivity contribution is 0.0566. The van der Waals surface area contributed by atoms with E-state index >= 15 is 0 Å². The standard InChI is InChI=1S/C25H34N2O2/c1-4-6-10-18-28-21(3)11-8-7-9-12-22-13-15-23(16-14-22)24-19-26-25(27-20-24)29-17-5-2/h5,9,12-16,19-21H,2,4,6-8,10-11,17-18H2,1,3H3/b12-9+. The van der Waals surface area contributed by atoms with Gasteiger partial charge in [-0.25, -0.2) is 9.97 Å². The quantitative estimate of drug-likeness (QED) is 0.271. The van der Waals surface area contributed by atoms with Crippen molar-refractivity contribution in [3.63, 3.8) is 0 Å². The van der Waals surface area contributed by atoms with E-state index < -0.39 is 0 Å². The van der Waals surface area contributed by atoms with Crippen LogP contribution < -0.4 is 4.74 Å². The minimum Gasteiger partial charge on any atom is -0.459 e. The number of benzene rings is 1. The lowest BCUT2D eigenvalue weighted by atomic mass is 10.1. The Morgan fingerprint density at radius 1 is 1.03 bits per heavy atom. The SMILES string of the molecule is C=CCOc1ncc(-c2ccc(/C=C/CCCC(C)OCCCCC)cc2)cn1. The summed E-state index contributed by atoms with van der Waals surface area (Å²) in [7, 11) is 0. The molecule has 4 nitrogen and oxygen atoms in total. The number of aromatic nitrogens is 2. The maximum Gasteiger partial charge on any atom is 0.316 e. The minimum atomic E-state index is 0.357. The molecule has 0 aliphatic heterocycles. The molecule has 0 saturated carbocycles. The van der Waals surface area contributed by atoms with Crippen LogP contribution in [0.25, 0.3) is 17.2 Å². The number of allylic oxidation sites excluding steroid dienone is 1. The van der Waals surface area contributed by atoms with Crippen LogP contribution >= 0.6 is 0 Å². The van der Waals surface area contributed by atoms with Crippen LogP contribution in [0.4, 0.5) is 0 Å². The molecule has 156 valence electrons. The number of rotatable bonds is 14. The second-order valence-electron chi connectivity index (χ2n) is 7.20. The fraction of sp³-hybridized carbons (Fsp3) is 0.440. The topological polar surface area (TPSA) is 44.2 Å². The van der Waals surface area contributed by atoms with E-state index in [2.05, 4.69) is 66.8 Å². The molecule has 1 atom stereocenters. The third-order valence-electron chi connectivity index (χ3n) is 4.64. The van der Waals surface area contributed by atoms with Crippen LogP contribution in [0.5, 0.6) is 6.01 Å². The van der Waals surface area contributed by atoms with Crippen molar-refractivity contribution in [3.05, 3.63) is 61.0 Å². The molecule has 0 N–H and O–H groups in total. The molecular formula is C25H34N2O2. The predicted molar refractivity (Wildman–Crippen MR) is 121 cm³/mol. The summed E-state index contributed by atoms with van der Waals surface area (Å²) in [5, 5.41) is 0. The van der Waals surface area contributed by atoms with Crippen LogP contribution in [0.2, 0.25) is 0 Å². The highest BCUT2D eigenvalue weighted by molar-refractivity contribution is 5.64. The molecule has 0 aliphatic rings. The van der Waals surface area contributed by atoms with Gasteiger partial charge in [0.15, 0.2) is 0 Å². The molecular weight excluding hydrogens is 360 g/mol. The zero-order chi connectivity index (χ0) is 20.7. The zero-order valence-corrected chi connectivity index (χ0v) is 17.8. The van der Waals surface area contributed by atoms with Crippen molar-refractivity contribution in [1.82, 2.24) is 9.97 Å². The third-order valence-corrected chi connectivity index (χ3v) is 4.64. The molecule has 0 radical (unpaired) electrons. The molecule has 1 heterocycles. The number of hydrogen-bond acceptors (Lipinski definition) is 4. The second-order valence-corrected chi connectivity index (χ2v) is 7.20. The van der Waals surface area contributed by atoms with E-state index in [1.807, 2.05) is 0 Å². The highest BCUT2D eigenvalue weighted by Crippen LogP contribution is 2.20. The predicted octanol–water partition coefficient (Wildman–Crippen LogP) is 6.49. The van der Waals surface area contributed by atoms with Crippen molar-refractivity contribution >= 4 is 6.08 Å². The van der Waals surface area contributed by atoms with Gasteiger partial charge >= 0.3 is 6.01 Å². The van der Waals surface area contributed by atoms with Gasteiger partial charge in [0, 0.05) is 24.6 Å². The van der Waals surface area contributed by atoms with Crippen LogP contribution in [0.3, 0.4) is 0 Å². The van der Waals surface area contributed by atoms with Crippen LogP contribution in [0.15, 0.2) is 55.4 Å². The van der Waals surface area contributed by atoms with E-state index in [0.29, 0.717) is 18.7 Å². The summed E-state index contributed by atoms with van der Waals surface area (Å²) < 4.78 is 11.2. The molecule has 0 amide bonds. The lowest BCUT2D eigenvalue weighted by Crippen LogP contribution is -2.08. The van der Waals surface area contributed by atoms with Crippen LogP contribution in [-0.4, -0.2) is 29.3 Å². The molecule has 0 spiro atoms. The first kappa shape index (κ1) is 22.8. The molecule has 2 rings (SSSR count). The fourth-order valence-electron chi connectivity index (χ4n) is 2.92.